The molecule has 0 spiro atoms. The van der Waals surface area contributed by atoms with Gasteiger partial charge in [-0.25, -0.2) is 0 Å². The Bertz CT molecular complexity index is 366. The van der Waals surface area contributed by atoms with Crippen LogP contribution in [0.15, 0.2) is 0 Å². The second kappa shape index (κ2) is 4.25. The lowest BCUT2D eigenvalue weighted by Crippen LogP contribution is -2.42. The topological polar surface area (TPSA) is 66.4 Å². The lowest BCUT2D eigenvalue weighted by molar-refractivity contribution is -0.140. The molecule has 1 amide bonds. The van der Waals surface area contributed by atoms with Crippen LogP contribution in [0.3, 0.4) is 0 Å². The van der Waals surface area contributed by atoms with Crippen LogP contribution in [0, 0.1) is 22.7 Å². The Labute approximate surface area is 108 Å². The summed E-state index contributed by atoms with van der Waals surface area (Å²) in [6, 6.07) is 0. The molecule has 0 radical (unpaired) electrons. The zero-order chi connectivity index (χ0) is 13.6. The number of carbonyl (C=O) groups is 2. The Morgan fingerprint density at radius 1 is 1.28 bits per heavy atom. The van der Waals surface area contributed by atoms with Gasteiger partial charge in [0.2, 0.25) is 5.91 Å². The number of carboxylic acid groups (broad SMARTS) is 1. The minimum absolute atomic E-state index is 0.0767. The predicted molar refractivity (Wildman–Crippen MR) is 68.0 cm³/mol. The first-order valence-electron chi connectivity index (χ1n) is 6.84. The molecule has 2 atom stereocenters. The molecule has 2 rings (SSSR count). The fourth-order valence-corrected chi connectivity index (χ4v) is 3.30. The number of carbonyl (C=O) groups excluding carboxylic acids is 1. The number of carboxylic acids is 1. The van der Waals surface area contributed by atoms with Crippen molar-refractivity contribution in [1.29, 1.82) is 0 Å². The van der Waals surface area contributed by atoms with Crippen molar-refractivity contribution < 1.29 is 14.7 Å². The van der Waals surface area contributed by atoms with Crippen LogP contribution in [0.5, 0.6) is 0 Å². The average Bonchev–Trinajstić information content (AvgIpc) is 2.80. The molecule has 0 aromatic rings. The molecule has 0 aromatic carbocycles. The van der Waals surface area contributed by atoms with E-state index in [1.807, 2.05) is 13.8 Å². The SMILES string of the molecule is CCC1(CNC(=O)C2C(C(=O)O)C2(C)C)CCC1. The third-order valence-electron chi connectivity index (χ3n) is 5.18. The van der Waals surface area contributed by atoms with E-state index in [1.54, 1.807) is 0 Å². The van der Waals surface area contributed by atoms with Crippen molar-refractivity contribution in [3.63, 3.8) is 0 Å². The van der Waals surface area contributed by atoms with E-state index in [2.05, 4.69) is 12.2 Å². The van der Waals surface area contributed by atoms with Gasteiger partial charge in [0.05, 0.1) is 11.8 Å². The third-order valence-corrected chi connectivity index (χ3v) is 5.18. The van der Waals surface area contributed by atoms with E-state index >= 15 is 0 Å². The highest BCUT2D eigenvalue weighted by Gasteiger charge is 2.65. The van der Waals surface area contributed by atoms with Gasteiger partial charge in [-0.15, -0.1) is 0 Å². The highest BCUT2D eigenvalue weighted by molar-refractivity contribution is 5.91. The standard InChI is InChI=1S/C14H23NO3/c1-4-14(6-5-7-14)8-15-11(16)9-10(12(17)18)13(9,2)3/h9-10H,4-8H2,1-3H3,(H,15,16)(H,17,18). The van der Waals surface area contributed by atoms with Crippen LogP contribution >= 0.6 is 0 Å². The van der Waals surface area contributed by atoms with Gasteiger partial charge in [0.1, 0.15) is 0 Å². The van der Waals surface area contributed by atoms with Gasteiger partial charge in [-0.3, -0.25) is 9.59 Å². The van der Waals surface area contributed by atoms with E-state index in [0.717, 1.165) is 6.42 Å². The first-order chi connectivity index (χ1) is 8.34. The van der Waals surface area contributed by atoms with E-state index in [4.69, 9.17) is 5.11 Å². The normalized spacial score (nSPS) is 31.3. The number of amides is 1. The van der Waals surface area contributed by atoms with Crippen LogP contribution in [0.1, 0.15) is 46.5 Å². The van der Waals surface area contributed by atoms with Crippen molar-refractivity contribution in [3.8, 4) is 0 Å². The molecule has 0 bridgehead atoms. The van der Waals surface area contributed by atoms with Gasteiger partial charge >= 0.3 is 5.97 Å². The molecule has 102 valence electrons. The fraction of sp³-hybridized carbons (Fsp3) is 0.857. The van der Waals surface area contributed by atoms with Gasteiger partial charge in [-0.05, 0) is 30.1 Å². The molecule has 2 aliphatic carbocycles. The maximum absolute atomic E-state index is 12.1. The highest BCUT2D eigenvalue weighted by atomic mass is 16.4. The van der Waals surface area contributed by atoms with Crippen molar-refractivity contribution in [2.24, 2.45) is 22.7 Å². The van der Waals surface area contributed by atoms with Crippen LogP contribution < -0.4 is 5.32 Å². The second-order valence-electron chi connectivity index (χ2n) is 6.54. The fourth-order valence-electron chi connectivity index (χ4n) is 3.30. The lowest BCUT2D eigenvalue weighted by Gasteiger charge is -2.41. The largest absolute Gasteiger partial charge is 0.481 e. The molecule has 4 heteroatoms. The number of hydrogen-bond acceptors (Lipinski definition) is 2. The maximum Gasteiger partial charge on any atom is 0.307 e. The first kappa shape index (κ1) is 13.4. The molecule has 0 aromatic heterocycles. The predicted octanol–water partition coefficient (Wildman–Crippen LogP) is 2.04. The molecular formula is C14H23NO3. The van der Waals surface area contributed by atoms with E-state index in [0.29, 0.717) is 6.54 Å². The van der Waals surface area contributed by atoms with Gasteiger partial charge in [-0.1, -0.05) is 27.2 Å². The van der Waals surface area contributed by atoms with Gasteiger partial charge in [0.15, 0.2) is 0 Å². The first-order valence-corrected chi connectivity index (χ1v) is 6.84. The minimum Gasteiger partial charge on any atom is -0.481 e. The summed E-state index contributed by atoms with van der Waals surface area (Å²) in [6.45, 7) is 6.58. The quantitative estimate of drug-likeness (QED) is 0.788. The molecule has 0 aliphatic heterocycles. The zero-order valence-electron chi connectivity index (χ0n) is 11.5. The van der Waals surface area contributed by atoms with Crippen LogP contribution in [0.4, 0.5) is 0 Å². The summed E-state index contributed by atoms with van der Waals surface area (Å²) in [5, 5.41) is 12.0. The van der Waals surface area contributed by atoms with E-state index in [1.165, 1.54) is 19.3 Å². The molecule has 2 fully saturated rings. The van der Waals surface area contributed by atoms with Crippen molar-refractivity contribution >= 4 is 11.9 Å². The molecule has 2 unspecified atom stereocenters. The summed E-state index contributed by atoms with van der Waals surface area (Å²) in [5.74, 6) is -1.80. The smallest absolute Gasteiger partial charge is 0.307 e. The Morgan fingerprint density at radius 2 is 1.89 bits per heavy atom. The molecule has 2 saturated carbocycles. The Balaban J connectivity index is 1.88. The summed E-state index contributed by atoms with van der Waals surface area (Å²) in [6.07, 6.45) is 4.69. The number of hydrogen-bond donors (Lipinski definition) is 2. The highest BCUT2D eigenvalue weighted by Crippen LogP contribution is 2.58. The number of nitrogens with one attached hydrogen (secondary N) is 1. The van der Waals surface area contributed by atoms with E-state index in [9.17, 15) is 9.59 Å². The monoisotopic (exact) mass is 253 g/mol. The summed E-state index contributed by atoms with van der Waals surface area (Å²) in [7, 11) is 0. The molecular weight excluding hydrogens is 230 g/mol. The molecule has 2 N–H and O–H groups in total. The molecule has 4 nitrogen and oxygen atoms in total. The Hall–Kier alpha value is -1.06. The van der Waals surface area contributed by atoms with Crippen molar-refractivity contribution in [2.75, 3.05) is 6.54 Å². The molecule has 0 heterocycles. The number of rotatable bonds is 5. The second-order valence-corrected chi connectivity index (χ2v) is 6.54. The minimum atomic E-state index is -0.853. The van der Waals surface area contributed by atoms with Gasteiger partial charge in [-0.2, -0.15) is 0 Å². The molecule has 2 aliphatic rings. The molecule has 18 heavy (non-hydrogen) atoms. The summed E-state index contributed by atoms with van der Waals surface area (Å²) < 4.78 is 0. The van der Waals surface area contributed by atoms with Gasteiger partial charge in [0.25, 0.3) is 0 Å². The summed E-state index contributed by atoms with van der Waals surface area (Å²) in [5.41, 5.74) is -0.109. The maximum atomic E-state index is 12.1. The third kappa shape index (κ3) is 2.02. The van der Waals surface area contributed by atoms with Gasteiger partial charge < -0.3 is 10.4 Å². The summed E-state index contributed by atoms with van der Waals surface area (Å²) in [4.78, 5) is 23.1. The van der Waals surface area contributed by atoms with Gasteiger partial charge in [0, 0.05) is 6.54 Å². The van der Waals surface area contributed by atoms with Crippen LogP contribution in [0.2, 0.25) is 0 Å². The molecule has 0 saturated heterocycles. The number of aliphatic carboxylic acids is 1. The van der Waals surface area contributed by atoms with Crippen LogP contribution in [0.25, 0.3) is 0 Å². The van der Waals surface area contributed by atoms with Crippen molar-refractivity contribution in [2.45, 2.75) is 46.5 Å². The zero-order valence-corrected chi connectivity index (χ0v) is 11.5. The Morgan fingerprint density at radius 3 is 2.22 bits per heavy atom. The van der Waals surface area contributed by atoms with E-state index < -0.39 is 17.3 Å². The summed E-state index contributed by atoms with van der Waals surface area (Å²) >= 11 is 0. The van der Waals surface area contributed by atoms with Crippen LogP contribution in [-0.4, -0.2) is 23.5 Å². The Kier molecular flexibility index (Phi) is 3.16. The van der Waals surface area contributed by atoms with E-state index in [-0.39, 0.29) is 17.2 Å². The van der Waals surface area contributed by atoms with Crippen molar-refractivity contribution in [3.05, 3.63) is 0 Å². The average molecular weight is 253 g/mol. The lowest BCUT2D eigenvalue weighted by atomic mass is 9.67. The van der Waals surface area contributed by atoms with Crippen molar-refractivity contribution in [1.82, 2.24) is 5.32 Å². The van der Waals surface area contributed by atoms with Crippen LogP contribution in [-0.2, 0) is 9.59 Å².